The Morgan fingerprint density at radius 2 is 1.94 bits per heavy atom. The summed E-state index contributed by atoms with van der Waals surface area (Å²) in [5.41, 5.74) is 1.57. The summed E-state index contributed by atoms with van der Waals surface area (Å²) in [5, 5.41) is 4.93. The highest BCUT2D eigenvalue weighted by Gasteiger charge is 2.11. The fourth-order valence-corrected chi connectivity index (χ4v) is 3.84. The van der Waals surface area contributed by atoms with Gasteiger partial charge < -0.3 is 9.47 Å². The maximum absolute atomic E-state index is 13.9. The number of rotatable bonds is 8. The lowest BCUT2D eigenvalue weighted by molar-refractivity contribution is 0.279. The minimum atomic E-state index is -0.324. The Morgan fingerprint density at radius 3 is 2.71 bits per heavy atom. The summed E-state index contributed by atoms with van der Waals surface area (Å²) in [5.74, 6) is 1.22. The number of nitrogens with zero attached hydrogens (tertiary/aromatic N) is 3. The van der Waals surface area contributed by atoms with Crippen LogP contribution < -0.4 is 15.0 Å². The number of benzene rings is 3. The molecule has 0 aliphatic rings. The van der Waals surface area contributed by atoms with Crippen LogP contribution in [0.5, 0.6) is 11.5 Å². The molecule has 0 bridgehead atoms. The van der Waals surface area contributed by atoms with Crippen molar-refractivity contribution in [2.75, 3.05) is 7.11 Å². The third-order valence-electron chi connectivity index (χ3n) is 5.20. The predicted octanol–water partition coefficient (Wildman–Crippen LogP) is 5.72. The maximum Gasteiger partial charge on any atom is 0.282 e. The molecular weight excluding hydrogens is 501 g/mol. The summed E-state index contributed by atoms with van der Waals surface area (Å²) < 4.78 is 27.2. The molecule has 0 radical (unpaired) electrons. The van der Waals surface area contributed by atoms with Gasteiger partial charge in [-0.1, -0.05) is 41.1 Å². The summed E-state index contributed by atoms with van der Waals surface area (Å²) in [7, 11) is 1.53. The Bertz CT molecular complexity index is 1420. The molecule has 1 heterocycles. The van der Waals surface area contributed by atoms with Crippen molar-refractivity contribution in [1.29, 1.82) is 0 Å². The summed E-state index contributed by atoms with van der Waals surface area (Å²) >= 11 is 3.41. The molecule has 4 aromatic rings. The molecule has 174 valence electrons. The van der Waals surface area contributed by atoms with Crippen LogP contribution in [0.4, 0.5) is 4.39 Å². The van der Waals surface area contributed by atoms with Crippen molar-refractivity contribution < 1.29 is 13.9 Å². The van der Waals surface area contributed by atoms with Gasteiger partial charge in [-0.2, -0.15) is 9.78 Å². The number of halogens is 2. The molecule has 34 heavy (non-hydrogen) atoms. The van der Waals surface area contributed by atoms with Crippen molar-refractivity contribution in [2.45, 2.75) is 26.4 Å². The van der Waals surface area contributed by atoms with Gasteiger partial charge in [0.25, 0.3) is 5.56 Å². The molecule has 0 atom stereocenters. The SMILES string of the molecule is CCCc1nc2ccc(Br)cc2c(=O)n1N=Cc1ccc(OCc2ccccc2F)c(OC)c1. The number of methoxy groups -OCH3 is 1. The summed E-state index contributed by atoms with van der Waals surface area (Å²) in [4.78, 5) is 17.8. The van der Waals surface area contributed by atoms with Gasteiger partial charge in [-0.05, 0) is 54.4 Å². The van der Waals surface area contributed by atoms with Crippen molar-refractivity contribution in [3.05, 3.63) is 98.3 Å². The van der Waals surface area contributed by atoms with Crippen molar-refractivity contribution in [3.8, 4) is 11.5 Å². The van der Waals surface area contributed by atoms with Gasteiger partial charge in [0.15, 0.2) is 11.5 Å². The summed E-state index contributed by atoms with van der Waals surface area (Å²) in [6.45, 7) is 2.10. The first-order valence-electron chi connectivity index (χ1n) is 10.8. The van der Waals surface area contributed by atoms with Gasteiger partial charge in [0.2, 0.25) is 0 Å². The van der Waals surface area contributed by atoms with E-state index in [0.29, 0.717) is 45.8 Å². The Labute approximate surface area is 204 Å². The number of aromatic nitrogens is 2. The van der Waals surface area contributed by atoms with Crippen LogP contribution in [-0.2, 0) is 13.0 Å². The Hall–Kier alpha value is -3.52. The highest BCUT2D eigenvalue weighted by Crippen LogP contribution is 2.28. The molecule has 1 aromatic heterocycles. The average molecular weight is 524 g/mol. The van der Waals surface area contributed by atoms with E-state index in [4.69, 9.17) is 9.47 Å². The molecule has 0 aliphatic carbocycles. The quantitative estimate of drug-likeness (QED) is 0.277. The van der Waals surface area contributed by atoms with E-state index < -0.39 is 0 Å². The van der Waals surface area contributed by atoms with Crippen LogP contribution in [0.3, 0.4) is 0 Å². The zero-order valence-corrected chi connectivity index (χ0v) is 20.4. The molecule has 0 aliphatic heterocycles. The predicted molar refractivity (Wildman–Crippen MR) is 134 cm³/mol. The number of hydrogen-bond acceptors (Lipinski definition) is 5. The zero-order chi connectivity index (χ0) is 24.1. The van der Waals surface area contributed by atoms with Crippen molar-refractivity contribution in [2.24, 2.45) is 5.10 Å². The van der Waals surface area contributed by atoms with E-state index in [0.717, 1.165) is 10.9 Å². The van der Waals surface area contributed by atoms with Crippen LogP contribution in [0.25, 0.3) is 10.9 Å². The van der Waals surface area contributed by atoms with Gasteiger partial charge in [0.1, 0.15) is 18.2 Å². The van der Waals surface area contributed by atoms with Crippen molar-refractivity contribution >= 4 is 33.0 Å². The molecule has 0 unspecified atom stereocenters. The minimum Gasteiger partial charge on any atom is -0.493 e. The second kappa shape index (κ2) is 10.6. The highest BCUT2D eigenvalue weighted by atomic mass is 79.9. The monoisotopic (exact) mass is 523 g/mol. The van der Waals surface area contributed by atoms with Crippen LogP contribution in [0.2, 0.25) is 0 Å². The topological polar surface area (TPSA) is 65.7 Å². The lowest BCUT2D eigenvalue weighted by Crippen LogP contribution is -2.22. The lowest BCUT2D eigenvalue weighted by atomic mass is 10.2. The molecule has 0 spiro atoms. The fraction of sp³-hybridized carbons (Fsp3) is 0.192. The van der Waals surface area contributed by atoms with Crippen LogP contribution in [0, 0.1) is 5.82 Å². The first-order chi connectivity index (χ1) is 16.5. The fourth-order valence-electron chi connectivity index (χ4n) is 3.48. The number of hydrogen-bond donors (Lipinski definition) is 0. The molecule has 0 fully saturated rings. The van der Waals surface area contributed by atoms with Gasteiger partial charge in [0, 0.05) is 16.5 Å². The smallest absolute Gasteiger partial charge is 0.282 e. The van der Waals surface area contributed by atoms with E-state index in [1.54, 1.807) is 48.7 Å². The van der Waals surface area contributed by atoms with Crippen LogP contribution in [0.1, 0.15) is 30.3 Å². The molecule has 0 saturated heterocycles. The van der Waals surface area contributed by atoms with Gasteiger partial charge in [-0.3, -0.25) is 4.79 Å². The summed E-state index contributed by atoms with van der Waals surface area (Å²) in [6.07, 6.45) is 3.02. The summed E-state index contributed by atoms with van der Waals surface area (Å²) in [6, 6.07) is 17.1. The number of aryl methyl sites for hydroxylation is 1. The molecule has 4 rings (SSSR count). The van der Waals surface area contributed by atoms with E-state index >= 15 is 0 Å². The van der Waals surface area contributed by atoms with Gasteiger partial charge in [0.05, 0.1) is 24.2 Å². The van der Waals surface area contributed by atoms with E-state index in [-0.39, 0.29) is 18.0 Å². The van der Waals surface area contributed by atoms with Crippen LogP contribution >= 0.6 is 15.9 Å². The Kier molecular flexibility index (Phi) is 7.37. The average Bonchev–Trinajstić information content (AvgIpc) is 2.84. The van der Waals surface area contributed by atoms with E-state index in [2.05, 4.69) is 26.0 Å². The Balaban J connectivity index is 1.63. The molecule has 0 saturated carbocycles. The van der Waals surface area contributed by atoms with Crippen LogP contribution in [0.15, 0.2) is 75.0 Å². The molecule has 8 heteroatoms. The highest BCUT2D eigenvalue weighted by molar-refractivity contribution is 9.10. The second-order valence-electron chi connectivity index (χ2n) is 7.59. The third kappa shape index (κ3) is 5.17. The molecular formula is C26H23BrFN3O3. The number of fused-ring (bicyclic) bond motifs is 1. The first-order valence-corrected chi connectivity index (χ1v) is 11.6. The minimum absolute atomic E-state index is 0.0740. The standard InChI is InChI=1S/C26H23BrFN3O3/c1-3-6-25-30-22-11-10-19(27)14-20(22)26(32)31(25)29-15-17-9-12-23(24(13-17)33-2)34-16-18-7-4-5-8-21(18)28/h4-5,7-15H,3,6,16H2,1-2H3. The maximum atomic E-state index is 13.9. The lowest BCUT2D eigenvalue weighted by Gasteiger charge is -2.12. The normalized spacial score (nSPS) is 11.3. The molecule has 3 aromatic carbocycles. The van der Waals surface area contributed by atoms with Gasteiger partial charge in [-0.25, -0.2) is 9.37 Å². The zero-order valence-electron chi connectivity index (χ0n) is 18.8. The van der Waals surface area contributed by atoms with Crippen molar-refractivity contribution in [1.82, 2.24) is 9.66 Å². The molecule has 0 amide bonds. The number of ether oxygens (including phenoxy) is 2. The van der Waals surface area contributed by atoms with E-state index in [1.807, 2.05) is 19.1 Å². The van der Waals surface area contributed by atoms with E-state index in [9.17, 15) is 9.18 Å². The largest absolute Gasteiger partial charge is 0.493 e. The van der Waals surface area contributed by atoms with Crippen LogP contribution in [-0.4, -0.2) is 23.0 Å². The first kappa shape index (κ1) is 23.6. The van der Waals surface area contributed by atoms with Crippen molar-refractivity contribution in [3.63, 3.8) is 0 Å². The second-order valence-corrected chi connectivity index (χ2v) is 8.51. The van der Waals surface area contributed by atoms with E-state index in [1.165, 1.54) is 17.9 Å². The Morgan fingerprint density at radius 1 is 1.12 bits per heavy atom. The molecule has 0 N–H and O–H groups in total. The van der Waals surface area contributed by atoms with Gasteiger partial charge in [-0.15, -0.1) is 0 Å². The molecule has 6 nitrogen and oxygen atoms in total. The third-order valence-corrected chi connectivity index (χ3v) is 5.69. The van der Waals surface area contributed by atoms with Gasteiger partial charge >= 0.3 is 0 Å².